The third kappa shape index (κ3) is 2.04. The maximum Gasteiger partial charge on any atom is 0.165 e. The van der Waals surface area contributed by atoms with Gasteiger partial charge < -0.3 is 9.47 Å². The van der Waals surface area contributed by atoms with E-state index in [-0.39, 0.29) is 17.7 Å². The van der Waals surface area contributed by atoms with E-state index in [1.165, 1.54) is 7.11 Å². The van der Waals surface area contributed by atoms with E-state index in [9.17, 15) is 8.78 Å². The zero-order valence-corrected chi connectivity index (χ0v) is 10.0. The Morgan fingerprint density at radius 3 is 2.61 bits per heavy atom. The maximum absolute atomic E-state index is 14.0. The molecule has 0 unspecified atom stereocenters. The van der Waals surface area contributed by atoms with Gasteiger partial charge in [-0.25, -0.2) is 8.78 Å². The Bertz CT molecular complexity index is 492. The molecule has 1 aliphatic rings. The predicted octanol–water partition coefficient (Wildman–Crippen LogP) is 2.55. The van der Waals surface area contributed by atoms with Crippen LogP contribution in [0.5, 0.6) is 5.75 Å². The van der Waals surface area contributed by atoms with E-state index in [1.807, 2.05) is 6.07 Å². The van der Waals surface area contributed by atoms with Gasteiger partial charge in [-0.1, -0.05) is 0 Å². The molecule has 0 aliphatic carbocycles. The highest BCUT2D eigenvalue weighted by atomic mass is 19.1. The Balaban J connectivity index is 2.37. The van der Waals surface area contributed by atoms with Crippen LogP contribution in [0, 0.1) is 23.0 Å². The molecule has 0 saturated carbocycles. The van der Waals surface area contributed by atoms with Crippen molar-refractivity contribution in [2.75, 3.05) is 20.3 Å². The van der Waals surface area contributed by atoms with Gasteiger partial charge in [-0.3, -0.25) is 0 Å². The first-order valence-corrected chi connectivity index (χ1v) is 5.61. The topological polar surface area (TPSA) is 42.2 Å². The molecule has 0 amide bonds. The van der Waals surface area contributed by atoms with Gasteiger partial charge in [-0.2, -0.15) is 5.26 Å². The molecule has 5 heteroatoms. The molecule has 1 heterocycles. The SMILES string of the molecule is COc1cc(F)c(C2(CCC#N)COC2)cc1F. The highest BCUT2D eigenvalue weighted by Crippen LogP contribution is 2.39. The first-order valence-electron chi connectivity index (χ1n) is 5.61. The minimum Gasteiger partial charge on any atom is -0.494 e. The first kappa shape index (κ1) is 12.8. The van der Waals surface area contributed by atoms with E-state index in [0.717, 1.165) is 12.1 Å². The zero-order valence-electron chi connectivity index (χ0n) is 10.0. The van der Waals surface area contributed by atoms with Crippen LogP contribution >= 0.6 is 0 Å². The summed E-state index contributed by atoms with van der Waals surface area (Å²) in [4.78, 5) is 0. The molecule has 2 rings (SSSR count). The fourth-order valence-corrected chi connectivity index (χ4v) is 2.17. The molecule has 0 aromatic heterocycles. The molecular weight excluding hydrogens is 240 g/mol. The van der Waals surface area contributed by atoms with Crippen molar-refractivity contribution in [1.29, 1.82) is 5.26 Å². The van der Waals surface area contributed by atoms with Gasteiger partial charge in [0.05, 0.1) is 26.4 Å². The van der Waals surface area contributed by atoms with Gasteiger partial charge in [0.25, 0.3) is 0 Å². The van der Waals surface area contributed by atoms with Crippen molar-refractivity contribution in [3.63, 3.8) is 0 Å². The number of hydrogen-bond donors (Lipinski definition) is 0. The molecule has 1 aromatic carbocycles. The van der Waals surface area contributed by atoms with E-state index < -0.39 is 17.0 Å². The van der Waals surface area contributed by atoms with Gasteiger partial charge in [0.2, 0.25) is 0 Å². The van der Waals surface area contributed by atoms with E-state index in [4.69, 9.17) is 14.7 Å². The molecule has 0 atom stereocenters. The third-order valence-corrected chi connectivity index (χ3v) is 3.28. The smallest absolute Gasteiger partial charge is 0.165 e. The fourth-order valence-electron chi connectivity index (χ4n) is 2.17. The second-order valence-corrected chi connectivity index (χ2v) is 4.40. The summed E-state index contributed by atoms with van der Waals surface area (Å²) in [5.74, 6) is -1.24. The standard InChI is InChI=1S/C13H13F2NO2/c1-17-12-6-10(14)9(5-11(12)15)13(3-2-4-16)7-18-8-13/h5-6H,2-3,7-8H2,1H3. The number of nitriles is 1. The van der Waals surface area contributed by atoms with Crippen molar-refractivity contribution in [2.45, 2.75) is 18.3 Å². The first-order chi connectivity index (χ1) is 8.63. The van der Waals surface area contributed by atoms with Crippen LogP contribution in [-0.4, -0.2) is 20.3 Å². The summed E-state index contributed by atoms with van der Waals surface area (Å²) in [6.07, 6.45) is 0.753. The molecule has 0 bridgehead atoms. The Morgan fingerprint density at radius 2 is 2.11 bits per heavy atom. The number of methoxy groups -OCH3 is 1. The average Bonchev–Trinajstić information content (AvgIpc) is 2.31. The van der Waals surface area contributed by atoms with Gasteiger partial charge >= 0.3 is 0 Å². The van der Waals surface area contributed by atoms with Crippen molar-refractivity contribution in [3.8, 4) is 11.8 Å². The largest absolute Gasteiger partial charge is 0.494 e. The van der Waals surface area contributed by atoms with Gasteiger partial charge in [0, 0.05) is 23.5 Å². The number of halogens is 2. The molecule has 0 N–H and O–H groups in total. The molecule has 1 aromatic rings. The molecule has 18 heavy (non-hydrogen) atoms. The van der Waals surface area contributed by atoms with Crippen LogP contribution < -0.4 is 4.74 Å². The minimum atomic E-state index is -0.600. The second-order valence-electron chi connectivity index (χ2n) is 4.40. The van der Waals surface area contributed by atoms with Gasteiger partial charge in [-0.15, -0.1) is 0 Å². The molecule has 1 fully saturated rings. The zero-order chi connectivity index (χ0) is 13.2. The van der Waals surface area contributed by atoms with Crippen molar-refractivity contribution < 1.29 is 18.3 Å². The number of benzene rings is 1. The monoisotopic (exact) mass is 253 g/mol. The van der Waals surface area contributed by atoms with Crippen LogP contribution in [0.3, 0.4) is 0 Å². The molecule has 0 radical (unpaired) electrons. The van der Waals surface area contributed by atoms with Gasteiger partial charge in [0.15, 0.2) is 11.6 Å². The lowest BCUT2D eigenvalue weighted by Crippen LogP contribution is -2.47. The van der Waals surface area contributed by atoms with E-state index in [0.29, 0.717) is 19.6 Å². The van der Waals surface area contributed by atoms with Crippen molar-refractivity contribution in [1.82, 2.24) is 0 Å². The summed E-state index contributed by atoms with van der Waals surface area (Å²) in [6, 6.07) is 4.21. The molecule has 3 nitrogen and oxygen atoms in total. The van der Waals surface area contributed by atoms with Crippen LogP contribution in [0.1, 0.15) is 18.4 Å². The molecule has 0 spiro atoms. The Morgan fingerprint density at radius 1 is 1.39 bits per heavy atom. The number of hydrogen-bond acceptors (Lipinski definition) is 3. The van der Waals surface area contributed by atoms with Crippen molar-refractivity contribution >= 4 is 0 Å². The van der Waals surface area contributed by atoms with Crippen molar-refractivity contribution in [3.05, 3.63) is 29.3 Å². The normalized spacial score (nSPS) is 16.8. The van der Waals surface area contributed by atoms with E-state index in [2.05, 4.69) is 0 Å². The van der Waals surface area contributed by atoms with Gasteiger partial charge in [-0.05, 0) is 12.5 Å². The second kappa shape index (κ2) is 4.91. The van der Waals surface area contributed by atoms with Crippen LogP contribution in [0.2, 0.25) is 0 Å². The van der Waals surface area contributed by atoms with Crippen LogP contribution in [-0.2, 0) is 10.2 Å². The molecule has 1 aliphatic heterocycles. The highest BCUT2D eigenvalue weighted by molar-refractivity contribution is 5.37. The summed E-state index contributed by atoms with van der Waals surface area (Å²) in [5, 5.41) is 8.62. The summed E-state index contributed by atoms with van der Waals surface area (Å²) in [5.41, 5.74) is -0.310. The van der Waals surface area contributed by atoms with E-state index in [1.54, 1.807) is 0 Å². The quantitative estimate of drug-likeness (QED) is 0.828. The summed E-state index contributed by atoms with van der Waals surface area (Å²) >= 11 is 0. The number of ether oxygens (including phenoxy) is 2. The highest BCUT2D eigenvalue weighted by Gasteiger charge is 2.42. The molecular formula is C13H13F2NO2. The molecule has 1 saturated heterocycles. The molecule has 96 valence electrons. The van der Waals surface area contributed by atoms with Crippen LogP contribution in [0.15, 0.2) is 12.1 Å². The fraction of sp³-hybridized carbons (Fsp3) is 0.462. The van der Waals surface area contributed by atoms with Gasteiger partial charge in [0.1, 0.15) is 5.82 Å². The summed E-state index contributed by atoms with van der Waals surface area (Å²) < 4.78 is 37.5. The van der Waals surface area contributed by atoms with Crippen LogP contribution in [0.25, 0.3) is 0 Å². The van der Waals surface area contributed by atoms with E-state index >= 15 is 0 Å². The van der Waals surface area contributed by atoms with Crippen LogP contribution in [0.4, 0.5) is 8.78 Å². The summed E-state index contributed by atoms with van der Waals surface area (Å²) in [6.45, 7) is 0.634. The number of rotatable bonds is 4. The maximum atomic E-state index is 14.0. The lowest BCUT2D eigenvalue weighted by atomic mass is 9.75. The Labute approximate surface area is 104 Å². The lowest BCUT2D eigenvalue weighted by molar-refractivity contribution is -0.0654. The average molecular weight is 253 g/mol. The minimum absolute atomic E-state index is 0.119. The lowest BCUT2D eigenvalue weighted by Gasteiger charge is -2.41. The van der Waals surface area contributed by atoms with Crippen molar-refractivity contribution in [2.24, 2.45) is 0 Å². The number of nitrogens with zero attached hydrogens (tertiary/aromatic N) is 1. The summed E-state index contributed by atoms with van der Waals surface area (Å²) in [7, 11) is 1.29. The Kier molecular flexibility index (Phi) is 3.48. The third-order valence-electron chi connectivity index (χ3n) is 3.28. The predicted molar refractivity (Wildman–Crippen MR) is 60.3 cm³/mol. The Hall–Kier alpha value is -1.67.